The number of aromatic nitrogens is 3. The molecular formula is C13H11N5O. The van der Waals surface area contributed by atoms with Crippen molar-refractivity contribution in [2.45, 2.75) is 32.2 Å². The maximum atomic E-state index is 9.08. The Morgan fingerprint density at radius 2 is 2.11 bits per heavy atom. The molecule has 0 amide bonds. The van der Waals surface area contributed by atoms with Crippen LogP contribution in [0, 0.1) is 22.7 Å². The van der Waals surface area contributed by atoms with Crippen molar-refractivity contribution >= 4 is 0 Å². The second kappa shape index (κ2) is 4.58. The topological polar surface area (TPSA) is 91.4 Å². The number of imidazole rings is 1. The highest BCUT2D eigenvalue weighted by atomic mass is 16.5. The molecule has 1 aliphatic carbocycles. The summed E-state index contributed by atoms with van der Waals surface area (Å²) >= 11 is 0. The van der Waals surface area contributed by atoms with Gasteiger partial charge in [-0.15, -0.1) is 0 Å². The molecule has 2 heterocycles. The molecule has 0 aromatic carbocycles. The molecule has 0 aliphatic heterocycles. The molecule has 19 heavy (non-hydrogen) atoms. The first kappa shape index (κ1) is 11.5. The fourth-order valence-corrected chi connectivity index (χ4v) is 2.44. The van der Waals surface area contributed by atoms with Crippen LogP contribution in [0.2, 0.25) is 0 Å². The van der Waals surface area contributed by atoms with Crippen molar-refractivity contribution in [3.63, 3.8) is 0 Å². The average molecular weight is 253 g/mol. The zero-order valence-corrected chi connectivity index (χ0v) is 10.3. The average Bonchev–Trinajstić information content (AvgIpc) is 3.03. The molecule has 0 atom stereocenters. The summed E-state index contributed by atoms with van der Waals surface area (Å²) in [6, 6.07) is 3.92. The summed E-state index contributed by atoms with van der Waals surface area (Å²) in [6.07, 6.45) is 5.67. The van der Waals surface area contributed by atoms with Crippen molar-refractivity contribution < 1.29 is 4.52 Å². The Morgan fingerprint density at radius 1 is 1.26 bits per heavy atom. The van der Waals surface area contributed by atoms with Gasteiger partial charge in [0.05, 0.1) is 12.9 Å². The maximum absolute atomic E-state index is 9.08. The Bertz CT molecular complexity index is 698. The smallest absolute Gasteiger partial charge is 0.176 e. The first-order valence-corrected chi connectivity index (χ1v) is 6.15. The normalized spacial score (nSPS) is 13.6. The van der Waals surface area contributed by atoms with Crippen LogP contribution < -0.4 is 0 Å². The number of fused-ring (bicyclic) bond motifs is 1. The number of hydrogen-bond acceptors (Lipinski definition) is 5. The Labute approximate surface area is 109 Å². The molecule has 0 saturated heterocycles. The summed E-state index contributed by atoms with van der Waals surface area (Å²) in [5.74, 6) is 0.959. The van der Waals surface area contributed by atoms with Gasteiger partial charge in [-0.05, 0) is 19.3 Å². The van der Waals surface area contributed by atoms with Gasteiger partial charge in [0.1, 0.15) is 23.6 Å². The first-order valence-electron chi connectivity index (χ1n) is 6.15. The predicted octanol–water partition coefficient (Wildman–Crippen LogP) is 1.54. The third kappa shape index (κ3) is 1.88. The van der Waals surface area contributed by atoms with Crippen LogP contribution in [-0.2, 0) is 19.4 Å². The van der Waals surface area contributed by atoms with E-state index in [-0.39, 0.29) is 11.4 Å². The van der Waals surface area contributed by atoms with Gasteiger partial charge in [0, 0.05) is 12.0 Å². The molecule has 0 radical (unpaired) electrons. The van der Waals surface area contributed by atoms with E-state index in [0.717, 1.165) is 42.7 Å². The zero-order chi connectivity index (χ0) is 13.2. The minimum absolute atomic E-state index is 0.153. The molecular weight excluding hydrogens is 242 g/mol. The Morgan fingerprint density at radius 3 is 2.89 bits per heavy atom. The molecule has 2 aromatic heterocycles. The van der Waals surface area contributed by atoms with E-state index in [0.29, 0.717) is 6.54 Å². The SMILES string of the molecule is N#Cc1ncn(Cc2noc3c2CCCC3)c1C#N. The van der Waals surface area contributed by atoms with E-state index in [1.165, 1.54) is 6.33 Å². The van der Waals surface area contributed by atoms with Gasteiger partial charge in [-0.1, -0.05) is 5.16 Å². The van der Waals surface area contributed by atoms with E-state index < -0.39 is 0 Å². The summed E-state index contributed by atoms with van der Waals surface area (Å²) in [4.78, 5) is 3.92. The van der Waals surface area contributed by atoms with Crippen LogP contribution in [0.5, 0.6) is 0 Å². The van der Waals surface area contributed by atoms with E-state index in [1.54, 1.807) is 4.57 Å². The van der Waals surface area contributed by atoms with Crippen molar-refractivity contribution in [2.24, 2.45) is 0 Å². The van der Waals surface area contributed by atoms with Gasteiger partial charge in [0.15, 0.2) is 11.4 Å². The van der Waals surface area contributed by atoms with Crippen LogP contribution >= 0.6 is 0 Å². The van der Waals surface area contributed by atoms with Crippen molar-refractivity contribution in [3.05, 3.63) is 34.7 Å². The highest BCUT2D eigenvalue weighted by molar-refractivity contribution is 5.37. The zero-order valence-electron chi connectivity index (χ0n) is 10.3. The fraction of sp³-hybridized carbons (Fsp3) is 0.385. The molecule has 2 aromatic rings. The summed E-state index contributed by atoms with van der Waals surface area (Å²) in [5.41, 5.74) is 2.42. The molecule has 6 nitrogen and oxygen atoms in total. The van der Waals surface area contributed by atoms with Crippen LogP contribution in [0.25, 0.3) is 0 Å². The second-order valence-electron chi connectivity index (χ2n) is 4.53. The van der Waals surface area contributed by atoms with Gasteiger partial charge >= 0.3 is 0 Å². The van der Waals surface area contributed by atoms with Crippen molar-refractivity contribution in [3.8, 4) is 12.1 Å². The molecule has 6 heteroatoms. The van der Waals surface area contributed by atoms with Crippen molar-refractivity contribution in [2.75, 3.05) is 0 Å². The summed E-state index contributed by atoms with van der Waals surface area (Å²) in [5, 5.41) is 22.0. The lowest BCUT2D eigenvalue weighted by atomic mass is 9.96. The molecule has 1 aliphatic rings. The van der Waals surface area contributed by atoms with Crippen LogP contribution in [-0.4, -0.2) is 14.7 Å². The third-order valence-electron chi connectivity index (χ3n) is 3.40. The number of hydrogen-bond donors (Lipinski definition) is 0. The second-order valence-corrected chi connectivity index (χ2v) is 4.53. The Balaban J connectivity index is 1.94. The minimum atomic E-state index is 0.153. The monoisotopic (exact) mass is 253 g/mol. The molecule has 0 bridgehead atoms. The van der Waals surface area contributed by atoms with Crippen LogP contribution in [0.15, 0.2) is 10.9 Å². The lowest BCUT2D eigenvalue weighted by molar-refractivity contribution is 0.367. The van der Waals surface area contributed by atoms with Gasteiger partial charge in [0.2, 0.25) is 0 Å². The lowest BCUT2D eigenvalue weighted by Gasteiger charge is -2.09. The van der Waals surface area contributed by atoms with Gasteiger partial charge in [0.25, 0.3) is 0 Å². The van der Waals surface area contributed by atoms with E-state index in [1.807, 2.05) is 12.1 Å². The van der Waals surface area contributed by atoms with Crippen molar-refractivity contribution in [1.29, 1.82) is 10.5 Å². The lowest BCUT2D eigenvalue weighted by Crippen LogP contribution is -2.07. The summed E-state index contributed by atoms with van der Waals surface area (Å²) in [6.45, 7) is 0.427. The molecule has 0 saturated carbocycles. The standard InChI is InChI=1S/C13H11N5O/c14-5-10-12(6-15)18(8-16-10)7-11-9-3-1-2-4-13(9)19-17-11/h8H,1-4,7H2. The van der Waals surface area contributed by atoms with Gasteiger partial charge in [-0.2, -0.15) is 10.5 Å². The van der Waals surface area contributed by atoms with Crippen LogP contribution in [0.4, 0.5) is 0 Å². The van der Waals surface area contributed by atoms with E-state index in [9.17, 15) is 0 Å². The molecule has 94 valence electrons. The molecule has 0 unspecified atom stereocenters. The molecule has 0 fully saturated rings. The number of nitriles is 2. The molecule has 0 N–H and O–H groups in total. The Hall–Kier alpha value is -2.60. The van der Waals surface area contributed by atoms with Gasteiger partial charge in [-0.3, -0.25) is 0 Å². The quantitative estimate of drug-likeness (QED) is 0.809. The fourth-order valence-electron chi connectivity index (χ4n) is 2.44. The third-order valence-corrected chi connectivity index (χ3v) is 3.40. The Kier molecular flexibility index (Phi) is 2.77. The van der Waals surface area contributed by atoms with Crippen LogP contribution in [0.1, 0.15) is 41.2 Å². The number of aryl methyl sites for hydroxylation is 1. The number of nitrogens with zero attached hydrogens (tertiary/aromatic N) is 5. The van der Waals surface area contributed by atoms with Crippen molar-refractivity contribution in [1.82, 2.24) is 14.7 Å². The van der Waals surface area contributed by atoms with Crippen LogP contribution in [0.3, 0.4) is 0 Å². The first-order chi connectivity index (χ1) is 9.33. The summed E-state index contributed by atoms with van der Waals surface area (Å²) < 4.78 is 6.98. The van der Waals surface area contributed by atoms with Gasteiger partial charge < -0.3 is 9.09 Å². The molecule has 3 rings (SSSR count). The van der Waals surface area contributed by atoms with Gasteiger partial charge in [-0.25, -0.2) is 4.98 Å². The minimum Gasteiger partial charge on any atom is -0.361 e. The maximum Gasteiger partial charge on any atom is 0.176 e. The summed E-state index contributed by atoms with van der Waals surface area (Å²) in [7, 11) is 0. The largest absolute Gasteiger partial charge is 0.361 e. The van der Waals surface area contributed by atoms with E-state index in [4.69, 9.17) is 15.0 Å². The predicted molar refractivity (Wildman–Crippen MR) is 63.9 cm³/mol. The number of rotatable bonds is 2. The highest BCUT2D eigenvalue weighted by Crippen LogP contribution is 2.25. The highest BCUT2D eigenvalue weighted by Gasteiger charge is 2.20. The van der Waals surface area contributed by atoms with E-state index >= 15 is 0 Å². The molecule has 0 spiro atoms. The van der Waals surface area contributed by atoms with E-state index in [2.05, 4.69) is 10.1 Å².